The van der Waals surface area contributed by atoms with Gasteiger partial charge in [-0.2, -0.15) is 0 Å². The van der Waals surface area contributed by atoms with Gasteiger partial charge in [0.1, 0.15) is 34.5 Å². The number of ether oxygens (including phenoxy) is 6. The van der Waals surface area contributed by atoms with Crippen molar-refractivity contribution in [2.75, 3.05) is 26.4 Å². The average Bonchev–Trinajstić information content (AvgIpc) is 3.45. The summed E-state index contributed by atoms with van der Waals surface area (Å²) in [5, 5.41) is 2.08. The molecule has 6 aromatic rings. The Morgan fingerprint density at radius 3 is 1.05 bits per heavy atom. The first-order valence-corrected chi connectivity index (χ1v) is 28.8. The van der Waals surface area contributed by atoms with E-state index in [9.17, 15) is 0 Å². The smallest absolute Gasteiger partial charge is 0.178 e. The van der Waals surface area contributed by atoms with Gasteiger partial charge in [0.15, 0.2) is 11.2 Å². The Morgan fingerprint density at radius 1 is 0.338 bits per heavy atom. The van der Waals surface area contributed by atoms with Gasteiger partial charge >= 0.3 is 0 Å². The van der Waals surface area contributed by atoms with Crippen LogP contribution in [0.25, 0.3) is 22.9 Å². The highest BCUT2D eigenvalue weighted by atomic mass is 16.5. The third-order valence-electron chi connectivity index (χ3n) is 14.9. The van der Waals surface area contributed by atoms with E-state index in [-0.39, 0.29) is 0 Å². The van der Waals surface area contributed by atoms with Gasteiger partial charge in [-0.15, -0.1) is 0 Å². The first kappa shape index (κ1) is 54.1. The summed E-state index contributed by atoms with van der Waals surface area (Å²) in [6, 6.07) is 42.6. The molecule has 0 saturated heterocycles. The van der Waals surface area contributed by atoms with Crippen LogP contribution in [0.1, 0.15) is 189 Å². The Hall–Kier alpha value is -6.14. The van der Waals surface area contributed by atoms with E-state index < -0.39 is 11.2 Å². The number of hydrogen-bond acceptors (Lipinski definition) is 6. The highest BCUT2D eigenvalue weighted by molar-refractivity contribution is 6.01. The predicted molar refractivity (Wildman–Crippen MR) is 308 cm³/mol. The molecule has 0 fully saturated rings. The van der Waals surface area contributed by atoms with Gasteiger partial charge in [-0.05, 0) is 104 Å². The molecule has 6 heteroatoms. The molecular weight excluding hydrogens is 913 g/mol. The molecule has 0 saturated carbocycles. The molecule has 0 radical (unpaired) electrons. The molecule has 2 aliphatic rings. The van der Waals surface area contributed by atoms with Crippen LogP contribution in [0, 0.1) is 0 Å². The van der Waals surface area contributed by atoms with Gasteiger partial charge in [-0.3, -0.25) is 0 Å². The fraction of sp³-hybridized carbons (Fsp3) is 0.441. The van der Waals surface area contributed by atoms with Crippen LogP contribution in [-0.2, 0) is 11.2 Å². The van der Waals surface area contributed by atoms with E-state index >= 15 is 0 Å². The maximum atomic E-state index is 7.60. The second kappa shape index (κ2) is 28.0. The summed E-state index contributed by atoms with van der Waals surface area (Å²) >= 11 is 0. The van der Waals surface area contributed by atoms with E-state index in [2.05, 4.69) is 173 Å². The minimum atomic E-state index is -0.941. The van der Waals surface area contributed by atoms with E-state index in [0.717, 1.165) is 104 Å². The van der Waals surface area contributed by atoms with E-state index in [0.29, 0.717) is 26.4 Å². The first-order chi connectivity index (χ1) is 36.5. The Morgan fingerprint density at radius 2 is 0.676 bits per heavy atom. The zero-order valence-electron chi connectivity index (χ0n) is 45.3. The van der Waals surface area contributed by atoms with Crippen molar-refractivity contribution in [3.05, 3.63) is 167 Å². The molecule has 0 amide bonds. The highest BCUT2D eigenvalue weighted by Crippen LogP contribution is 2.51. The molecule has 0 aliphatic carbocycles. The molecule has 8 rings (SSSR count). The molecular formula is C68H84O6. The Kier molecular flexibility index (Phi) is 20.4. The van der Waals surface area contributed by atoms with E-state index in [1.54, 1.807) is 0 Å². The molecule has 0 aromatic heterocycles. The van der Waals surface area contributed by atoms with Crippen LogP contribution in [0.4, 0.5) is 0 Å². The van der Waals surface area contributed by atoms with Crippen LogP contribution in [0.5, 0.6) is 34.5 Å². The predicted octanol–water partition coefficient (Wildman–Crippen LogP) is 18.9. The van der Waals surface area contributed by atoms with Gasteiger partial charge in [0.05, 0.1) is 26.4 Å². The maximum Gasteiger partial charge on any atom is 0.178 e. The van der Waals surface area contributed by atoms with Crippen molar-refractivity contribution in [2.24, 2.45) is 0 Å². The Bertz CT molecular complexity index is 2540. The summed E-state index contributed by atoms with van der Waals surface area (Å²) in [7, 11) is 0. The molecule has 74 heavy (non-hydrogen) atoms. The molecule has 2 aliphatic heterocycles. The lowest BCUT2D eigenvalue weighted by atomic mass is 9.82. The topological polar surface area (TPSA) is 55.4 Å². The molecule has 0 N–H and O–H groups in total. The van der Waals surface area contributed by atoms with E-state index in [1.807, 2.05) is 0 Å². The summed E-state index contributed by atoms with van der Waals surface area (Å²) in [6.07, 6.45) is 32.9. The second-order valence-corrected chi connectivity index (χ2v) is 20.5. The Balaban J connectivity index is 1.12. The number of unbranched alkanes of at least 4 members (excludes halogenated alkanes) is 16. The summed E-state index contributed by atoms with van der Waals surface area (Å²) in [5.41, 5.74) is 4.19. The quantitative estimate of drug-likeness (QED) is 0.0393. The van der Waals surface area contributed by atoms with Gasteiger partial charge in [0.25, 0.3) is 0 Å². The second-order valence-electron chi connectivity index (χ2n) is 20.5. The number of rotatable bonds is 32. The van der Waals surface area contributed by atoms with Gasteiger partial charge in [-0.1, -0.05) is 203 Å². The number of hydrogen-bond donors (Lipinski definition) is 0. The molecule has 0 atom stereocenters. The van der Waals surface area contributed by atoms with Crippen LogP contribution >= 0.6 is 0 Å². The highest BCUT2D eigenvalue weighted by Gasteiger charge is 2.41. The third kappa shape index (κ3) is 13.8. The lowest BCUT2D eigenvalue weighted by Crippen LogP contribution is -2.35. The molecule has 2 heterocycles. The molecule has 0 unspecified atom stereocenters. The zero-order valence-corrected chi connectivity index (χ0v) is 45.3. The lowest BCUT2D eigenvalue weighted by Gasteiger charge is -2.38. The summed E-state index contributed by atoms with van der Waals surface area (Å²) in [6.45, 7) is 11.9. The van der Waals surface area contributed by atoms with Crippen molar-refractivity contribution in [1.82, 2.24) is 0 Å². The molecule has 0 bridgehead atoms. The minimum Gasteiger partial charge on any atom is -0.494 e. The van der Waals surface area contributed by atoms with Gasteiger partial charge in [0.2, 0.25) is 0 Å². The van der Waals surface area contributed by atoms with Crippen molar-refractivity contribution in [2.45, 2.75) is 167 Å². The van der Waals surface area contributed by atoms with Crippen molar-refractivity contribution >= 4 is 22.9 Å². The van der Waals surface area contributed by atoms with E-state index in [1.165, 1.54) is 103 Å². The minimum absolute atomic E-state index is 0.712. The summed E-state index contributed by atoms with van der Waals surface area (Å²) in [4.78, 5) is 0. The van der Waals surface area contributed by atoms with Gasteiger partial charge in [0, 0.05) is 38.8 Å². The fourth-order valence-electron chi connectivity index (χ4n) is 10.4. The summed E-state index contributed by atoms with van der Waals surface area (Å²) in [5.74, 6) is 5.07. The largest absolute Gasteiger partial charge is 0.494 e. The zero-order chi connectivity index (χ0) is 51.3. The van der Waals surface area contributed by atoms with Crippen LogP contribution in [-0.4, -0.2) is 26.4 Å². The standard InChI is InChI=1S/C68H84O6/c1-5-9-13-17-21-49-69-59-36-28-55(29-37-59)67(56-30-38-60(39-31-56)70-50-22-18-14-10-6-2)48-46-63-64(73-67)44-27-53-25-26-54-45-47-68(74-66(54)65(53)63,57-32-40-61(41-33-57)71-51-23-19-15-11-7-3)58-34-42-62(43-35-58)72-52-24-20-16-12-8-4/h25-48H,5-24,49-52H2,1-4H3. The third-order valence-corrected chi connectivity index (χ3v) is 14.9. The Labute approximate surface area is 444 Å². The molecule has 392 valence electrons. The van der Waals surface area contributed by atoms with Crippen LogP contribution in [0.3, 0.4) is 0 Å². The van der Waals surface area contributed by atoms with Crippen molar-refractivity contribution in [1.29, 1.82) is 0 Å². The summed E-state index contributed by atoms with van der Waals surface area (Å²) < 4.78 is 40.1. The fourth-order valence-corrected chi connectivity index (χ4v) is 10.4. The SMILES string of the molecule is CCCCCCCOc1ccc(C2(c3ccc(OCCCCCCC)cc3)C=Cc3c(ccc4ccc5c(c34)OC(c3ccc(OCCCCCCC)cc3)(c3ccc(OCCCCCCC)cc3)C=C5)O2)cc1. The number of fused-ring (bicyclic) bond motifs is 5. The van der Waals surface area contributed by atoms with Crippen molar-refractivity contribution in [3.63, 3.8) is 0 Å². The van der Waals surface area contributed by atoms with Gasteiger partial charge < -0.3 is 28.4 Å². The molecule has 6 aromatic carbocycles. The average molecular weight is 997 g/mol. The molecule has 0 spiro atoms. The number of benzene rings is 6. The van der Waals surface area contributed by atoms with Crippen molar-refractivity contribution in [3.8, 4) is 34.5 Å². The normalized spacial score (nSPS) is 13.9. The first-order valence-electron chi connectivity index (χ1n) is 28.8. The van der Waals surface area contributed by atoms with Crippen molar-refractivity contribution < 1.29 is 28.4 Å². The molecule has 6 nitrogen and oxygen atoms in total. The maximum absolute atomic E-state index is 7.60. The van der Waals surface area contributed by atoms with Crippen LogP contribution in [0.2, 0.25) is 0 Å². The van der Waals surface area contributed by atoms with Crippen LogP contribution < -0.4 is 28.4 Å². The van der Waals surface area contributed by atoms with Crippen LogP contribution in [0.15, 0.2) is 133 Å². The van der Waals surface area contributed by atoms with Gasteiger partial charge in [-0.25, -0.2) is 0 Å². The van der Waals surface area contributed by atoms with E-state index in [4.69, 9.17) is 28.4 Å². The monoisotopic (exact) mass is 997 g/mol. The lowest BCUT2D eigenvalue weighted by molar-refractivity contribution is 0.159.